The molecule has 2 aromatic carbocycles. The lowest BCUT2D eigenvalue weighted by Gasteiger charge is -2.29. The quantitative estimate of drug-likeness (QED) is 0.818. The van der Waals surface area contributed by atoms with E-state index in [-0.39, 0.29) is 18.1 Å². The molecule has 0 aliphatic carbocycles. The van der Waals surface area contributed by atoms with Gasteiger partial charge in [-0.25, -0.2) is 4.39 Å². The third kappa shape index (κ3) is 2.44. The van der Waals surface area contributed by atoms with Gasteiger partial charge in [0.05, 0.1) is 6.42 Å². The molecular weight excluding hydrogens is 253 g/mol. The summed E-state index contributed by atoms with van der Waals surface area (Å²) < 4.78 is 13.6. The first kappa shape index (κ1) is 12.9. The van der Waals surface area contributed by atoms with Gasteiger partial charge in [0.2, 0.25) is 5.91 Å². The zero-order valence-corrected chi connectivity index (χ0v) is 11.2. The van der Waals surface area contributed by atoms with E-state index in [1.165, 1.54) is 11.6 Å². The second-order valence-corrected chi connectivity index (χ2v) is 5.05. The van der Waals surface area contributed by atoms with Crippen molar-refractivity contribution in [2.45, 2.75) is 19.3 Å². The van der Waals surface area contributed by atoms with E-state index in [0.717, 1.165) is 18.5 Å². The standard InChI is InChI=1S/C17H16FNO/c18-15-9-3-1-7-14(15)12-17(20)19-11-5-8-13-6-2-4-10-16(13)19/h1-4,6-7,9-10H,5,8,11-12H2. The number of hydrogen-bond acceptors (Lipinski definition) is 1. The minimum absolute atomic E-state index is 0.0396. The summed E-state index contributed by atoms with van der Waals surface area (Å²) in [7, 11) is 0. The molecule has 0 radical (unpaired) electrons. The van der Waals surface area contributed by atoms with Crippen LogP contribution in [-0.4, -0.2) is 12.5 Å². The zero-order valence-electron chi connectivity index (χ0n) is 11.2. The van der Waals surface area contributed by atoms with Crippen LogP contribution in [0.5, 0.6) is 0 Å². The molecule has 0 unspecified atom stereocenters. The predicted molar refractivity (Wildman–Crippen MR) is 77.2 cm³/mol. The van der Waals surface area contributed by atoms with Gasteiger partial charge in [0.15, 0.2) is 0 Å². The second kappa shape index (κ2) is 5.45. The number of amides is 1. The summed E-state index contributed by atoms with van der Waals surface area (Å²) in [5, 5.41) is 0. The van der Waals surface area contributed by atoms with Gasteiger partial charge in [0, 0.05) is 12.2 Å². The Hall–Kier alpha value is -2.16. The Morgan fingerprint density at radius 2 is 1.85 bits per heavy atom. The van der Waals surface area contributed by atoms with E-state index in [2.05, 4.69) is 6.07 Å². The second-order valence-electron chi connectivity index (χ2n) is 5.05. The number of benzene rings is 2. The lowest BCUT2D eigenvalue weighted by molar-refractivity contribution is -0.118. The van der Waals surface area contributed by atoms with Crippen molar-refractivity contribution in [3.8, 4) is 0 Å². The van der Waals surface area contributed by atoms with E-state index in [1.54, 1.807) is 23.1 Å². The summed E-state index contributed by atoms with van der Waals surface area (Å²) in [6.45, 7) is 0.713. The number of carbonyl (C=O) groups excluding carboxylic acids is 1. The van der Waals surface area contributed by atoms with Crippen LogP contribution in [0.25, 0.3) is 0 Å². The Morgan fingerprint density at radius 3 is 2.70 bits per heavy atom. The van der Waals surface area contributed by atoms with Gasteiger partial charge < -0.3 is 4.90 Å². The number of anilines is 1. The summed E-state index contributed by atoms with van der Waals surface area (Å²) >= 11 is 0. The summed E-state index contributed by atoms with van der Waals surface area (Å²) in [6.07, 6.45) is 2.07. The smallest absolute Gasteiger partial charge is 0.231 e. The third-order valence-electron chi connectivity index (χ3n) is 3.71. The molecule has 0 aromatic heterocycles. The summed E-state index contributed by atoms with van der Waals surface area (Å²) in [5.41, 5.74) is 2.63. The van der Waals surface area contributed by atoms with Crippen LogP contribution < -0.4 is 4.90 Å². The molecule has 1 heterocycles. The molecule has 0 bridgehead atoms. The fourth-order valence-corrected chi connectivity index (χ4v) is 2.69. The Kier molecular flexibility index (Phi) is 3.50. The van der Waals surface area contributed by atoms with Crippen LogP contribution in [0.2, 0.25) is 0 Å². The first-order valence-corrected chi connectivity index (χ1v) is 6.87. The summed E-state index contributed by atoms with van der Waals surface area (Å²) in [4.78, 5) is 14.2. The Labute approximate surface area is 117 Å². The third-order valence-corrected chi connectivity index (χ3v) is 3.71. The number of fused-ring (bicyclic) bond motifs is 1. The van der Waals surface area contributed by atoms with Crippen molar-refractivity contribution in [1.29, 1.82) is 0 Å². The normalized spacial score (nSPS) is 13.9. The first-order valence-electron chi connectivity index (χ1n) is 6.87. The molecule has 0 fully saturated rings. The highest BCUT2D eigenvalue weighted by Crippen LogP contribution is 2.27. The van der Waals surface area contributed by atoms with Gasteiger partial charge in [-0.15, -0.1) is 0 Å². The van der Waals surface area contributed by atoms with Gasteiger partial charge >= 0.3 is 0 Å². The minimum atomic E-state index is -0.314. The number of aryl methyl sites for hydroxylation is 1. The molecule has 1 amide bonds. The van der Waals surface area contributed by atoms with Gasteiger partial charge in [0.25, 0.3) is 0 Å². The Bertz CT molecular complexity index is 638. The molecule has 0 atom stereocenters. The number of carbonyl (C=O) groups is 1. The number of rotatable bonds is 2. The molecule has 102 valence electrons. The maximum absolute atomic E-state index is 13.6. The largest absolute Gasteiger partial charge is 0.312 e. The van der Waals surface area contributed by atoms with Crippen LogP contribution in [0.3, 0.4) is 0 Å². The Morgan fingerprint density at radius 1 is 1.10 bits per heavy atom. The number of hydrogen-bond donors (Lipinski definition) is 0. The lowest BCUT2D eigenvalue weighted by Crippen LogP contribution is -2.36. The number of halogens is 1. The highest BCUT2D eigenvalue weighted by Gasteiger charge is 2.22. The van der Waals surface area contributed by atoms with Crippen molar-refractivity contribution in [3.63, 3.8) is 0 Å². The van der Waals surface area contributed by atoms with Crippen LogP contribution in [0, 0.1) is 5.82 Å². The van der Waals surface area contributed by atoms with Gasteiger partial charge in [-0.05, 0) is 36.1 Å². The zero-order chi connectivity index (χ0) is 13.9. The van der Waals surface area contributed by atoms with Crippen molar-refractivity contribution in [2.24, 2.45) is 0 Å². The maximum atomic E-state index is 13.6. The number of para-hydroxylation sites is 1. The van der Waals surface area contributed by atoms with Gasteiger partial charge in [-0.1, -0.05) is 36.4 Å². The molecule has 20 heavy (non-hydrogen) atoms. The molecule has 0 saturated heterocycles. The van der Waals surface area contributed by atoms with Gasteiger partial charge in [-0.2, -0.15) is 0 Å². The fraction of sp³-hybridized carbons (Fsp3) is 0.235. The lowest BCUT2D eigenvalue weighted by atomic mass is 10.0. The van der Waals surface area contributed by atoms with E-state index < -0.39 is 0 Å². The van der Waals surface area contributed by atoms with Crippen molar-refractivity contribution >= 4 is 11.6 Å². The SMILES string of the molecule is O=C(Cc1ccccc1F)N1CCCc2ccccc21. The predicted octanol–water partition coefficient (Wildman–Crippen LogP) is 3.35. The van der Waals surface area contributed by atoms with Crippen LogP contribution in [0.15, 0.2) is 48.5 Å². The first-order chi connectivity index (χ1) is 9.75. The molecule has 3 rings (SSSR count). The van der Waals surface area contributed by atoms with Crippen molar-refractivity contribution in [3.05, 3.63) is 65.5 Å². The molecule has 1 aliphatic heterocycles. The number of nitrogens with zero attached hydrogens (tertiary/aromatic N) is 1. The molecular formula is C17H16FNO. The van der Waals surface area contributed by atoms with Gasteiger partial charge in [-0.3, -0.25) is 4.79 Å². The average molecular weight is 269 g/mol. The van der Waals surface area contributed by atoms with Crippen LogP contribution in [-0.2, 0) is 17.6 Å². The van der Waals surface area contributed by atoms with Gasteiger partial charge in [0.1, 0.15) is 5.82 Å². The highest BCUT2D eigenvalue weighted by molar-refractivity contribution is 5.95. The minimum Gasteiger partial charge on any atom is -0.312 e. The van der Waals surface area contributed by atoms with Crippen LogP contribution in [0.4, 0.5) is 10.1 Å². The van der Waals surface area contributed by atoms with E-state index in [1.807, 2.05) is 18.2 Å². The fourth-order valence-electron chi connectivity index (χ4n) is 2.69. The molecule has 0 spiro atoms. The molecule has 2 nitrogen and oxygen atoms in total. The molecule has 1 aliphatic rings. The maximum Gasteiger partial charge on any atom is 0.231 e. The van der Waals surface area contributed by atoms with Crippen molar-refractivity contribution in [2.75, 3.05) is 11.4 Å². The summed E-state index contributed by atoms with van der Waals surface area (Å²) in [6, 6.07) is 14.4. The monoisotopic (exact) mass is 269 g/mol. The van der Waals surface area contributed by atoms with Crippen molar-refractivity contribution < 1.29 is 9.18 Å². The molecule has 3 heteroatoms. The molecule has 0 saturated carbocycles. The summed E-state index contributed by atoms with van der Waals surface area (Å²) in [5.74, 6) is -0.353. The molecule has 2 aromatic rings. The van der Waals surface area contributed by atoms with E-state index in [9.17, 15) is 9.18 Å². The Balaban J connectivity index is 1.84. The van der Waals surface area contributed by atoms with E-state index in [4.69, 9.17) is 0 Å². The highest BCUT2D eigenvalue weighted by atomic mass is 19.1. The van der Waals surface area contributed by atoms with E-state index in [0.29, 0.717) is 12.1 Å². The van der Waals surface area contributed by atoms with Crippen LogP contribution >= 0.6 is 0 Å². The van der Waals surface area contributed by atoms with Crippen molar-refractivity contribution in [1.82, 2.24) is 0 Å². The topological polar surface area (TPSA) is 20.3 Å². The average Bonchev–Trinajstić information content (AvgIpc) is 2.49. The van der Waals surface area contributed by atoms with Crippen LogP contribution in [0.1, 0.15) is 17.5 Å². The van der Waals surface area contributed by atoms with E-state index >= 15 is 0 Å². The molecule has 0 N–H and O–H groups in total.